The SMILES string of the molecule is Cc1cccc(N2C(=O)/C(=C/c3cc(C)n(-c4ccc(C(C)C)cc4)c3C)C(=O)NC2=S)c1C. The molecule has 1 saturated heterocycles. The second kappa shape index (κ2) is 9.03. The molecule has 2 aromatic carbocycles. The van der Waals surface area contributed by atoms with Crippen LogP contribution in [0.1, 0.15) is 53.4 Å². The van der Waals surface area contributed by atoms with E-state index in [0.717, 1.165) is 33.8 Å². The zero-order valence-electron chi connectivity index (χ0n) is 20.4. The van der Waals surface area contributed by atoms with Crippen molar-refractivity contribution in [3.05, 3.63) is 87.7 Å². The van der Waals surface area contributed by atoms with Gasteiger partial charge in [-0.3, -0.25) is 19.8 Å². The molecule has 1 fully saturated rings. The zero-order valence-corrected chi connectivity index (χ0v) is 21.2. The fourth-order valence-electron chi connectivity index (χ4n) is 4.35. The van der Waals surface area contributed by atoms with Crippen LogP contribution in [0.2, 0.25) is 0 Å². The topological polar surface area (TPSA) is 54.3 Å². The van der Waals surface area contributed by atoms with Gasteiger partial charge in [0.2, 0.25) is 0 Å². The van der Waals surface area contributed by atoms with E-state index in [1.165, 1.54) is 10.5 Å². The Balaban J connectivity index is 1.75. The summed E-state index contributed by atoms with van der Waals surface area (Å²) in [7, 11) is 0. The van der Waals surface area contributed by atoms with Gasteiger partial charge in [0.25, 0.3) is 11.8 Å². The third-order valence-electron chi connectivity index (χ3n) is 6.51. The van der Waals surface area contributed by atoms with Gasteiger partial charge in [-0.15, -0.1) is 0 Å². The van der Waals surface area contributed by atoms with E-state index in [-0.39, 0.29) is 10.7 Å². The van der Waals surface area contributed by atoms with Crippen molar-refractivity contribution in [2.45, 2.75) is 47.5 Å². The minimum atomic E-state index is -0.484. The normalized spacial score (nSPS) is 15.4. The van der Waals surface area contributed by atoms with Gasteiger partial charge in [-0.2, -0.15) is 0 Å². The molecule has 5 nitrogen and oxygen atoms in total. The Hall–Kier alpha value is -3.51. The molecular weight excluding hydrogens is 442 g/mol. The van der Waals surface area contributed by atoms with Gasteiger partial charge in [0.05, 0.1) is 5.69 Å². The molecule has 34 heavy (non-hydrogen) atoms. The molecule has 0 aliphatic carbocycles. The molecule has 2 amide bonds. The van der Waals surface area contributed by atoms with Crippen LogP contribution in [0, 0.1) is 27.7 Å². The van der Waals surface area contributed by atoms with E-state index in [1.54, 1.807) is 6.08 Å². The summed E-state index contributed by atoms with van der Waals surface area (Å²) >= 11 is 5.37. The number of aryl methyl sites for hydroxylation is 2. The van der Waals surface area contributed by atoms with Crippen LogP contribution in [0.3, 0.4) is 0 Å². The summed E-state index contributed by atoms with van der Waals surface area (Å²) in [6.45, 7) is 12.3. The van der Waals surface area contributed by atoms with Gasteiger partial charge in [0.15, 0.2) is 5.11 Å². The Morgan fingerprint density at radius 3 is 2.29 bits per heavy atom. The maximum atomic E-state index is 13.5. The summed E-state index contributed by atoms with van der Waals surface area (Å²) in [6.07, 6.45) is 1.67. The monoisotopic (exact) mass is 471 g/mol. The average molecular weight is 472 g/mol. The number of benzene rings is 2. The molecule has 0 radical (unpaired) electrons. The second-order valence-electron chi connectivity index (χ2n) is 9.09. The van der Waals surface area contributed by atoms with E-state index in [2.05, 4.69) is 48.0 Å². The van der Waals surface area contributed by atoms with Gasteiger partial charge in [0.1, 0.15) is 5.57 Å². The first-order valence-electron chi connectivity index (χ1n) is 11.4. The molecule has 6 heteroatoms. The maximum Gasteiger partial charge on any atom is 0.270 e. The molecule has 0 saturated carbocycles. The fraction of sp³-hybridized carbons (Fsp3) is 0.250. The Labute approximate surface area is 206 Å². The third kappa shape index (κ3) is 4.10. The highest BCUT2D eigenvalue weighted by Gasteiger charge is 2.35. The molecule has 0 spiro atoms. The smallest absolute Gasteiger partial charge is 0.270 e. The number of aromatic nitrogens is 1. The van der Waals surface area contributed by atoms with Gasteiger partial charge in [-0.25, -0.2) is 0 Å². The largest absolute Gasteiger partial charge is 0.318 e. The Morgan fingerprint density at radius 1 is 0.971 bits per heavy atom. The van der Waals surface area contributed by atoms with E-state index in [1.807, 2.05) is 52.0 Å². The van der Waals surface area contributed by atoms with Crippen molar-refractivity contribution < 1.29 is 9.59 Å². The van der Waals surface area contributed by atoms with Crippen molar-refractivity contribution in [1.29, 1.82) is 0 Å². The number of carbonyl (C=O) groups excluding carboxylic acids is 2. The number of hydrogen-bond acceptors (Lipinski definition) is 3. The van der Waals surface area contributed by atoms with Gasteiger partial charge in [-0.1, -0.05) is 38.1 Å². The van der Waals surface area contributed by atoms with Crippen LogP contribution in [0.5, 0.6) is 0 Å². The van der Waals surface area contributed by atoms with Gasteiger partial charge in [-0.05, 0) is 98.4 Å². The zero-order chi connectivity index (χ0) is 24.7. The van der Waals surface area contributed by atoms with E-state index in [9.17, 15) is 9.59 Å². The van der Waals surface area contributed by atoms with Crippen molar-refractivity contribution in [2.75, 3.05) is 4.90 Å². The summed E-state index contributed by atoms with van der Waals surface area (Å²) < 4.78 is 2.13. The summed E-state index contributed by atoms with van der Waals surface area (Å²) in [5.41, 5.74) is 7.84. The summed E-state index contributed by atoms with van der Waals surface area (Å²) in [6, 6.07) is 16.2. The van der Waals surface area contributed by atoms with Crippen LogP contribution in [-0.4, -0.2) is 21.5 Å². The van der Waals surface area contributed by atoms with Crippen LogP contribution in [-0.2, 0) is 9.59 Å². The van der Waals surface area contributed by atoms with Gasteiger partial charge < -0.3 is 4.57 Å². The molecule has 1 aliphatic rings. The highest BCUT2D eigenvalue weighted by atomic mass is 32.1. The Kier molecular flexibility index (Phi) is 6.28. The van der Waals surface area contributed by atoms with Gasteiger partial charge in [0, 0.05) is 17.1 Å². The quantitative estimate of drug-likeness (QED) is 0.303. The lowest BCUT2D eigenvalue weighted by atomic mass is 10.0. The maximum absolute atomic E-state index is 13.5. The molecule has 174 valence electrons. The number of nitrogens with one attached hydrogen (secondary N) is 1. The van der Waals surface area contributed by atoms with Crippen LogP contribution in [0.25, 0.3) is 11.8 Å². The number of thiocarbonyl (C=S) groups is 1. The van der Waals surface area contributed by atoms with Crippen LogP contribution in [0.15, 0.2) is 54.1 Å². The minimum absolute atomic E-state index is 0.0601. The molecule has 0 atom stereocenters. The van der Waals surface area contributed by atoms with Crippen LogP contribution >= 0.6 is 12.2 Å². The lowest BCUT2D eigenvalue weighted by Crippen LogP contribution is -2.54. The molecule has 1 aliphatic heterocycles. The van der Waals surface area contributed by atoms with E-state index >= 15 is 0 Å². The number of hydrogen-bond donors (Lipinski definition) is 1. The fourth-order valence-corrected chi connectivity index (χ4v) is 4.62. The first kappa shape index (κ1) is 23.6. The molecule has 2 heterocycles. The number of rotatable bonds is 4. The molecule has 1 aromatic heterocycles. The number of amides is 2. The number of carbonyl (C=O) groups is 2. The van der Waals surface area contributed by atoms with Crippen molar-refractivity contribution in [3.8, 4) is 5.69 Å². The highest BCUT2D eigenvalue weighted by molar-refractivity contribution is 7.80. The van der Waals surface area contributed by atoms with Crippen molar-refractivity contribution >= 4 is 40.9 Å². The van der Waals surface area contributed by atoms with Crippen LogP contribution < -0.4 is 10.2 Å². The Morgan fingerprint density at radius 2 is 1.65 bits per heavy atom. The summed E-state index contributed by atoms with van der Waals surface area (Å²) in [5, 5.41) is 2.78. The molecular formula is C28H29N3O2S. The van der Waals surface area contributed by atoms with Crippen LogP contribution in [0.4, 0.5) is 5.69 Å². The lowest BCUT2D eigenvalue weighted by molar-refractivity contribution is -0.122. The van der Waals surface area contributed by atoms with Crippen molar-refractivity contribution in [3.63, 3.8) is 0 Å². The molecule has 4 rings (SSSR count). The summed E-state index contributed by atoms with van der Waals surface area (Å²) in [4.78, 5) is 27.7. The molecule has 0 bridgehead atoms. The number of nitrogens with zero attached hydrogens (tertiary/aromatic N) is 2. The first-order valence-corrected chi connectivity index (χ1v) is 11.8. The standard InChI is InChI=1S/C28H29N3O2S/c1-16(2)21-10-12-23(13-11-21)30-18(4)14-22(20(30)6)15-24-26(32)29-28(34)31(27(24)33)25-9-7-8-17(3)19(25)5/h7-16H,1-6H3,(H,29,32,34)/b24-15+. The highest BCUT2D eigenvalue weighted by Crippen LogP contribution is 2.29. The number of anilines is 1. The Bertz CT molecular complexity index is 1350. The first-order chi connectivity index (χ1) is 16.1. The minimum Gasteiger partial charge on any atom is -0.318 e. The van der Waals surface area contributed by atoms with Gasteiger partial charge >= 0.3 is 0 Å². The molecule has 3 aromatic rings. The van der Waals surface area contributed by atoms with E-state index in [0.29, 0.717) is 11.6 Å². The lowest BCUT2D eigenvalue weighted by Gasteiger charge is -2.30. The van der Waals surface area contributed by atoms with E-state index in [4.69, 9.17) is 12.2 Å². The van der Waals surface area contributed by atoms with E-state index < -0.39 is 11.8 Å². The van der Waals surface area contributed by atoms with Crippen molar-refractivity contribution in [2.24, 2.45) is 0 Å². The second-order valence-corrected chi connectivity index (χ2v) is 9.47. The van der Waals surface area contributed by atoms with Crippen molar-refractivity contribution in [1.82, 2.24) is 9.88 Å². The average Bonchev–Trinajstić information content (AvgIpc) is 3.06. The predicted octanol–water partition coefficient (Wildman–Crippen LogP) is 5.67. The third-order valence-corrected chi connectivity index (χ3v) is 6.79. The molecule has 0 unspecified atom stereocenters. The predicted molar refractivity (Wildman–Crippen MR) is 141 cm³/mol. The summed E-state index contributed by atoms with van der Waals surface area (Å²) in [5.74, 6) is -0.445. The molecule has 1 N–H and O–H groups in total.